The van der Waals surface area contributed by atoms with Gasteiger partial charge in [-0.15, -0.1) is 0 Å². The molecule has 29 heavy (non-hydrogen) atoms. The van der Waals surface area contributed by atoms with Gasteiger partial charge in [0.1, 0.15) is 18.2 Å². The summed E-state index contributed by atoms with van der Waals surface area (Å²) in [6.07, 6.45) is -0.437. The Morgan fingerprint density at radius 1 is 1.14 bits per heavy atom. The van der Waals surface area contributed by atoms with E-state index in [2.05, 4.69) is 0 Å². The third-order valence-electron chi connectivity index (χ3n) is 4.74. The predicted octanol–water partition coefficient (Wildman–Crippen LogP) is 3.08. The fraction of sp³-hybridized carbons (Fsp3) is 0.591. The number of carbonyl (C=O) groups excluding carboxylic acids is 3. The van der Waals surface area contributed by atoms with Crippen LogP contribution >= 0.6 is 0 Å². The normalized spacial score (nSPS) is 15.5. The summed E-state index contributed by atoms with van der Waals surface area (Å²) in [4.78, 5) is 40.5. The maximum Gasteiger partial charge on any atom is 0.410 e. The van der Waals surface area contributed by atoms with Gasteiger partial charge in [0.2, 0.25) is 5.91 Å². The van der Waals surface area contributed by atoms with Crippen molar-refractivity contribution in [2.75, 3.05) is 20.1 Å². The zero-order valence-electron chi connectivity index (χ0n) is 18.2. The summed E-state index contributed by atoms with van der Waals surface area (Å²) in [7, 11) is 1.62. The lowest BCUT2D eigenvalue weighted by Gasteiger charge is -2.41. The first-order valence-corrected chi connectivity index (χ1v) is 9.94. The Balaban J connectivity index is 1.87. The first kappa shape index (κ1) is 22.7. The third-order valence-corrected chi connectivity index (χ3v) is 4.74. The van der Waals surface area contributed by atoms with E-state index >= 15 is 0 Å². The van der Waals surface area contributed by atoms with E-state index in [0.717, 1.165) is 5.56 Å². The van der Waals surface area contributed by atoms with E-state index in [0.29, 0.717) is 0 Å². The van der Waals surface area contributed by atoms with Crippen LogP contribution in [0.3, 0.4) is 0 Å². The minimum absolute atomic E-state index is 0.0918. The van der Waals surface area contributed by atoms with Gasteiger partial charge in [-0.05, 0) is 32.3 Å². The fourth-order valence-corrected chi connectivity index (χ4v) is 3.26. The molecule has 0 spiro atoms. The molecule has 0 radical (unpaired) electrons. The molecule has 0 unspecified atom stereocenters. The van der Waals surface area contributed by atoms with Gasteiger partial charge < -0.3 is 19.3 Å². The Morgan fingerprint density at radius 2 is 1.72 bits per heavy atom. The quantitative estimate of drug-likeness (QED) is 0.681. The summed E-state index contributed by atoms with van der Waals surface area (Å²) in [6, 6.07) is 8.76. The Morgan fingerprint density at radius 3 is 2.24 bits per heavy atom. The molecule has 2 rings (SSSR count). The van der Waals surface area contributed by atoms with Gasteiger partial charge in [-0.1, -0.05) is 44.2 Å². The van der Waals surface area contributed by atoms with E-state index in [1.54, 1.807) is 27.8 Å². The molecular weight excluding hydrogens is 372 g/mol. The first-order chi connectivity index (χ1) is 13.5. The van der Waals surface area contributed by atoms with E-state index in [1.807, 2.05) is 44.2 Å². The van der Waals surface area contributed by atoms with E-state index in [-0.39, 0.29) is 37.4 Å². The number of esters is 1. The molecule has 1 saturated heterocycles. The molecule has 2 amide bonds. The summed E-state index contributed by atoms with van der Waals surface area (Å²) < 4.78 is 10.8. The van der Waals surface area contributed by atoms with Gasteiger partial charge in [-0.2, -0.15) is 0 Å². The molecule has 0 N–H and O–H groups in total. The lowest BCUT2D eigenvalue weighted by molar-refractivity contribution is -0.167. The lowest BCUT2D eigenvalue weighted by Crippen LogP contribution is -2.59. The van der Waals surface area contributed by atoms with Crippen LogP contribution in [0, 0.1) is 11.8 Å². The number of nitrogens with zero attached hydrogens (tertiary/aromatic N) is 2. The topological polar surface area (TPSA) is 76.2 Å². The molecule has 0 aromatic heterocycles. The van der Waals surface area contributed by atoms with Crippen LogP contribution in [0.5, 0.6) is 0 Å². The van der Waals surface area contributed by atoms with Crippen molar-refractivity contribution < 1.29 is 23.9 Å². The third kappa shape index (κ3) is 6.21. The molecule has 1 atom stereocenters. The zero-order valence-corrected chi connectivity index (χ0v) is 18.2. The van der Waals surface area contributed by atoms with Gasteiger partial charge in [0.05, 0.1) is 5.92 Å². The van der Waals surface area contributed by atoms with Gasteiger partial charge in [-0.3, -0.25) is 4.79 Å². The molecule has 7 nitrogen and oxygen atoms in total. The number of likely N-dealkylation sites (N-methyl/N-ethyl adjacent to an activating group) is 1. The molecule has 1 fully saturated rings. The second-order valence-electron chi connectivity index (χ2n) is 8.81. The molecule has 1 aliphatic heterocycles. The summed E-state index contributed by atoms with van der Waals surface area (Å²) in [5, 5.41) is 0. The minimum atomic E-state index is -0.666. The highest BCUT2D eigenvalue weighted by molar-refractivity contribution is 5.87. The number of benzene rings is 1. The molecule has 7 heteroatoms. The van der Waals surface area contributed by atoms with E-state index in [9.17, 15) is 14.4 Å². The number of likely N-dealkylation sites (tertiary alicyclic amines) is 1. The summed E-state index contributed by atoms with van der Waals surface area (Å²) in [5.41, 5.74) is 0.287. The van der Waals surface area contributed by atoms with Crippen molar-refractivity contribution in [2.45, 2.75) is 52.9 Å². The largest absolute Gasteiger partial charge is 0.458 e. The fourth-order valence-electron chi connectivity index (χ4n) is 3.26. The molecule has 1 aromatic carbocycles. The number of amides is 2. The molecule has 1 aliphatic rings. The van der Waals surface area contributed by atoms with Crippen LogP contribution in [-0.2, 0) is 25.7 Å². The highest BCUT2D eigenvalue weighted by Gasteiger charge is 2.42. The van der Waals surface area contributed by atoms with E-state index in [1.165, 1.54) is 9.80 Å². The standard InChI is InChI=1S/C22H32N2O5/c1-15(2)18(20(26)29-22(3,4)5)23(6)19(25)17-12-24(13-17)21(27)28-14-16-10-8-7-9-11-16/h7-11,15,17-18H,12-14H2,1-6H3/t18-/m0/s1. The number of hydrogen-bond acceptors (Lipinski definition) is 5. The lowest BCUT2D eigenvalue weighted by atomic mass is 9.96. The Labute approximate surface area is 172 Å². The second-order valence-corrected chi connectivity index (χ2v) is 8.81. The average molecular weight is 405 g/mol. The monoisotopic (exact) mass is 404 g/mol. The van der Waals surface area contributed by atoms with Crippen LogP contribution in [0.2, 0.25) is 0 Å². The predicted molar refractivity (Wildman–Crippen MR) is 109 cm³/mol. The minimum Gasteiger partial charge on any atom is -0.458 e. The molecule has 160 valence electrons. The van der Waals surface area contributed by atoms with Crippen LogP contribution in [0.25, 0.3) is 0 Å². The average Bonchev–Trinajstić information content (AvgIpc) is 2.57. The molecule has 0 saturated carbocycles. The van der Waals surface area contributed by atoms with Crippen LogP contribution in [-0.4, -0.2) is 59.5 Å². The van der Waals surface area contributed by atoms with Crippen molar-refractivity contribution in [1.29, 1.82) is 0 Å². The molecule has 1 aromatic rings. The van der Waals surface area contributed by atoms with E-state index in [4.69, 9.17) is 9.47 Å². The van der Waals surface area contributed by atoms with Crippen LogP contribution in [0.15, 0.2) is 30.3 Å². The van der Waals surface area contributed by atoms with Crippen LogP contribution in [0.1, 0.15) is 40.2 Å². The first-order valence-electron chi connectivity index (χ1n) is 9.94. The zero-order chi connectivity index (χ0) is 21.8. The summed E-state index contributed by atoms with van der Waals surface area (Å²) in [5.74, 6) is -1.01. The summed E-state index contributed by atoms with van der Waals surface area (Å²) >= 11 is 0. The van der Waals surface area contributed by atoms with Crippen molar-refractivity contribution in [3.8, 4) is 0 Å². The van der Waals surface area contributed by atoms with Crippen molar-refractivity contribution in [3.63, 3.8) is 0 Å². The SMILES string of the molecule is CC(C)[C@@H](C(=O)OC(C)(C)C)N(C)C(=O)C1CN(C(=O)OCc2ccccc2)C1. The van der Waals surface area contributed by atoms with Crippen molar-refractivity contribution in [1.82, 2.24) is 9.80 Å². The van der Waals surface area contributed by atoms with Gasteiger partial charge in [0.15, 0.2) is 0 Å². The Bertz CT molecular complexity index is 720. The maximum absolute atomic E-state index is 12.8. The number of carbonyl (C=O) groups is 3. The van der Waals surface area contributed by atoms with Gasteiger partial charge in [0.25, 0.3) is 0 Å². The Kier molecular flexibility index (Phi) is 7.27. The molecule has 1 heterocycles. The van der Waals surface area contributed by atoms with Gasteiger partial charge in [-0.25, -0.2) is 9.59 Å². The van der Waals surface area contributed by atoms with Crippen molar-refractivity contribution in [2.24, 2.45) is 11.8 Å². The van der Waals surface area contributed by atoms with Crippen molar-refractivity contribution in [3.05, 3.63) is 35.9 Å². The van der Waals surface area contributed by atoms with Gasteiger partial charge in [0, 0.05) is 20.1 Å². The highest BCUT2D eigenvalue weighted by Crippen LogP contribution is 2.23. The van der Waals surface area contributed by atoms with Crippen LogP contribution in [0.4, 0.5) is 4.79 Å². The maximum atomic E-state index is 12.8. The van der Waals surface area contributed by atoms with Crippen LogP contribution < -0.4 is 0 Å². The Hall–Kier alpha value is -2.57. The smallest absolute Gasteiger partial charge is 0.410 e. The second kappa shape index (κ2) is 9.29. The van der Waals surface area contributed by atoms with Gasteiger partial charge >= 0.3 is 12.1 Å². The number of ether oxygens (including phenoxy) is 2. The number of hydrogen-bond donors (Lipinski definition) is 0. The van der Waals surface area contributed by atoms with Crippen molar-refractivity contribution >= 4 is 18.0 Å². The summed E-state index contributed by atoms with van der Waals surface area (Å²) in [6.45, 7) is 9.94. The highest BCUT2D eigenvalue weighted by atomic mass is 16.6. The molecule has 0 bridgehead atoms. The van der Waals surface area contributed by atoms with E-state index < -0.39 is 23.7 Å². The molecule has 0 aliphatic carbocycles. The number of rotatable bonds is 6. The molecular formula is C22H32N2O5.